The Morgan fingerprint density at radius 3 is 2.65 bits per heavy atom. The lowest BCUT2D eigenvalue weighted by Gasteiger charge is -2.23. The second-order valence-electron chi connectivity index (χ2n) is 4.65. The fourth-order valence-electron chi connectivity index (χ4n) is 2.00. The summed E-state index contributed by atoms with van der Waals surface area (Å²) in [5.74, 6) is -0.668. The molecule has 0 spiro atoms. The van der Waals surface area contributed by atoms with Crippen molar-refractivity contribution in [3.63, 3.8) is 0 Å². The van der Waals surface area contributed by atoms with E-state index < -0.39 is 17.9 Å². The topological polar surface area (TPSA) is 78.9 Å². The SMILES string of the molecule is COc1ccc(/C=C2\SC(=S)N([C@H](C)C(=O)[O-])C2=O)c(OC)c1. The van der Waals surface area contributed by atoms with Gasteiger partial charge in [0, 0.05) is 11.6 Å². The van der Waals surface area contributed by atoms with E-state index >= 15 is 0 Å². The Kier molecular flexibility index (Phi) is 5.27. The molecule has 0 aliphatic carbocycles. The first kappa shape index (κ1) is 17.3. The van der Waals surface area contributed by atoms with E-state index in [-0.39, 0.29) is 4.32 Å². The number of ether oxygens (including phenoxy) is 2. The Hall–Kier alpha value is -2.06. The molecule has 0 aromatic heterocycles. The zero-order chi connectivity index (χ0) is 17.1. The highest BCUT2D eigenvalue weighted by atomic mass is 32.2. The van der Waals surface area contributed by atoms with Crippen LogP contribution in [0.4, 0.5) is 0 Å². The number of thiocarbonyl (C=S) groups is 1. The fraction of sp³-hybridized carbons (Fsp3) is 0.267. The summed E-state index contributed by atoms with van der Waals surface area (Å²) in [4.78, 5) is 24.7. The molecule has 0 unspecified atom stereocenters. The summed E-state index contributed by atoms with van der Waals surface area (Å²) >= 11 is 6.13. The van der Waals surface area contributed by atoms with E-state index in [1.807, 2.05) is 0 Å². The number of rotatable bonds is 5. The molecule has 1 amide bonds. The number of carbonyl (C=O) groups is 2. The summed E-state index contributed by atoms with van der Waals surface area (Å²) in [6, 6.07) is 4.05. The van der Waals surface area contributed by atoms with Gasteiger partial charge in [0.15, 0.2) is 0 Å². The van der Waals surface area contributed by atoms with Crippen molar-refractivity contribution in [3.8, 4) is 11.5 Å². The predicted molar refractivity (Wildman–Crippen MR) is 89.0 cm³/mol. The van der Waals surface area contributed by atoms with Crippen LogP contribution >= 0.6 is 24.0 Å². The molecular weight excluding hydrogens is 338 g/mol. The minimum Gasteiger partial charge on any atom is -0.548 e. The van der Waals surface area contributed by atoms with Crippen LogP contribution in [-0.4, -0.2) is 41.4 Å². The van der Waals surface area contributed by atoms with Crippen LogP contribution in [0.3, 0.4) is 0 Å². The molecule has 1 saturated heterocycles. The average molecular weight is 352 g/mol. The minimum atomic E-state index is -1.36. The molecule has 1 fully saturated rings. The van der Waals surface area contributed by atoms with Crippen molar-refractivity contribution >= 4 is 46.3 Å². The monoisotopic (exact) mass is 352 g/mol. The van der Waals surface area contributed by atoms with Gasteiger partial charge in [-0.15, -0.1) is 0 Å². The highest BCUT2D eigenvalue weighted by molar-refractivity contribution is 8.26. The van der Waals surface area contributed by atoms with Gasteiger partial charge in [0.25, 0.3) is 5.91 Å². The van der Waals surface area contributed by atoms with E-state index in [4.69, 9.17) is 21.7 Å². The molecule has 23 heavy (non-hydrogen) atoms. The second kappa shape index (κ2) is 7.01. The summed E-state index contributed by atoms with van der Waals surface area (Å²) in [7, 11) is 3.05. The van der Waals surface area contributed by atoms with Crippen LogP contribution in [0, 0.1) is 0 Å². The molecule has 1 aliphatic heterocycles. The number of benzene rings is 1. The Morgan fingerprint density at radius 1 is 1.39 bits per heavy atom. The number of nitrogens with zero attached hydrogens (tertiary/aromatic N) is 1. The summed E-state index contributed by atoms with van der Waals surface area (Å²) in [5, 5.41) is 11.0. The molecule has 0 saturated carbocycles. The van der Waals surface area contributed by atoms with E-state index in [9.17, 15) is 14.7 Å². The summed E-state index contributed by atoms with van der Waals surface area (Å²) in [5.41, 5.74) is 0.662. The first-order valence-electron chi connectivity index (χ1n) is 6.59. The number of amides is 1. The number of carbonyl (C=O) groups excluding carboxylic acids is 2. The first-order valence-corrected chi connectivity index (χ1v) is 7.81. The maximum Gasteiger partial charge on any atom is 0.266 e. The van der Waals surface area contributed by atoms with Gasteiger partial charge in [0.1, 0.15) is 15.8 Å². The third-order valence-corrected chi connectivity index (χ3v) is 4.61. The first-order chi connectivity index (χ1) is 10.9. The van der Waals surface area contributed by atoms with Gasteiger partial charge in [-0.05, 0) is 25.1 Å². The third kappa shape index (κ3) is 3.48. The van der Waals surface area contributed by atoms with Crippen LogP contribution in [-0.2, 0) is 9.59 Å². The standard InChI is InChI=1S/C15H15NO5S2/c1-8(14(18)19)16-13(17)12(23-15(16)22)6-9-4-5-10(20-2)7-11(9)21-3/h4-8H,1-3H3,(H,18,19)/p-1/b12-6-/t8-/m1/s1. The van der Waals surface area contributed by atoms with Crippen LogP contribution in [0.5, 0.6) is 11.5 Å². The van der Waals surface area contributed by atoms with E-state index in [0.717, 1.165) is 16.7 Å². The maximum absolute atomic E-state index is 12.4. The number of aliphatic carboxylic acids is 1. The normalized spacial score (nSPS) is 17.5. The van der Waals surface area contributed by atoms with Gasteiger partial charge in [0.2, 0.25) is 0 Å². The van der Waals surface area contributed by atoms with Gasteiger partial charge in [-0.25, -0.2) is 0 Å². The highest BCUT2D eigenvalue weighted by Gasteiger charge is 2.35. The van der Waals surface area contributed by atoms with Crippen molar-refractivity contribution in [2.45, 2.75) is 13.0 Å². The molecular formula is C15H14NO5S2-. The van der Waals surface area contributed by atoms with E-state index in [2.05, 4.69) is 0 Å². The molecule has 1 aromatic carbocycles. The Balaban J connectivity index is 2.36. The molecule has 122 valence electrons. The molecule has 1 aliphatic rings. The number of carboxylic acids is 1. The summed E-state index contributed by atoms with van der Waals surface area (Å²) in [6.07, 6.45) is 1.61. The number of carboxylic acid groups (broad SMARTS) is 1. The van der Waals surface area contributed by atoms with Gasteiger partial charge in [-0.1, -0.05) is 24.0 Å². The number of hydrogen-bond donors (Lipinski definition) is 0. The molecule has 8 heteroatoms. The summed E-state index contributed by atoms with van der Waals surface area (Å²) in [6.45, 7) is 1.36. The highest BCUT2D eigenvalue weighted by Crippen LogP contribution is 2.36. The summed E-state index contributed by atoms with van der Waals surface area (Å²) < 4.78 is 10.6. The van der Waals surface area contributed by atoms with Crippen LogP contribution in [0.1, 0.15) is 12.5 Å². The lowest BCUT2D eigenvalue weighted by atomic mass is 10.1. The van der Waals surface area contributed by atoms with E-state index in [0.29, 0.717) is 22.0 Å². The molecule has 1 aromatic rings. The van der Waals surface area contributed by atoms with Crippen molar-refractivity contribution in [2.75, 3.05) is 14.2 Å². The third-order valence-electron chi connectivity index (χ3n) is 3.28. The van der Waals surface area contributed by atoms with Crippen molar-refractivity contribution in [1.29, 1.82) is 0 Å². The number of thioether (sulfide) groups is 1. The molecule has 0 N–H and O–H groups in total. The largest absolute Gasteiger partial charge is 0.548 e. The van der Waals surface area contributed by atoms with Gasteiger partial charge in [-0.3, -0.25) is 9.69 Å². The molecule has 6 nitrogen and oxygen atoms in total. The average Bonchev–Trinajstić information content (AvgIpc) is 2.80. The Labute approximate surface area is 143 Å². The molecule has 0 radical (unpaired) electrons. The lowest BCUT2D eigenvalue weighted by Crippen LogP contribution is -2.48. The van der Waals surface area contributed by atoms with Gasteiger partial charge in [-0.2, -0.15) is 0 Å². The van der Waals surface area contributed by atoms with Crippen LogP contribution in [0.25, 0.3) is 6.08 Å². The van der Waals surface area contributed by atoms with Crippen LogP contribution < -0.4 is 14.6 Å². The second-order valence-corrected chi connectivity index (χ2v) is 6.33. The Bertz CT molecular complexity index is 701. The molecule has 1 atom stereocenters. The van der Waals surface area contributed by atoms with Crippen molar-refractivity contribution in [3.05, 3.63) is 28.7 Å². The van der Waals surface area contributed by atoms with Gasteiger partial charge in [0.05, 0.1) is 31.1 Å². The predicted octanol–water partition coefficient (Wildman–Crippen LogP) is 1.04. The van der Waals surface area contributed by atoms with Crippen LogP contribution in [0.2, 0.25) is 0 Å². The van der Waals surface area contributed by atoms with E-state index in [1.54, 1.807) is 31.4 Å². The molecule has 1 heterocycles. The quantitative estimate of drug-likeness (QED) is 0.579. The maximum atomic E-state index is 12.4. The minimum absolute atomic E-state index is 0.186. The van der Waals surface area contributed by atoms with Crippen molar-refractivity contribution in [2.24, 2.45) is 0 Å². The smallest absolute Gasteiger partial charge is 0.266 e. The molecule has 0 bridgehead atoms. The number of methoxy groups -OCH3 is 2. The van der Waals surface area contributed by atoms with Crippen molar-refractivity contribution in [1.82, 2.24) is 4.90 Å². The van der Waals surface area contributed by atoms with Gasteiger partial charge >= 0.3 is 0 Å². The zero-order valence-corrected chi connectivity index (χ0v) is 14.3. The van der Waals surface area contributed by atoms with Crippen molar-refractivity contribution < 1.29 is 24.2 Å². The molecule has 2 rings (SSSR count). The van der Waals surface area contributed by atoms with Crippen LogP contribution in [0.15, 0.2) is 23.1 Å². The fourth-order valence-corrected chi connectivity index (χ4v) is 3.41. The van der Waals surface area contributed by atoms with E-state index in [1.165, 1.54) is 14.0 Å². The lowest BCUT2D eigenvalue weighted by molar-refractivity contribution is -0.309. The zero-order valence-electron chi connectivity index (χ0n) is 12.7. The van der Waals surface area contributed by atoms with Gasteiger partial charge < -0.3 is 19.4 Å². The number of hydrogen-bond acceptors (Lipinski definition) is 7. The Morgan fingerprint density at radius 2 is 2.09 bits per heavy atom.